The van der Waals surface area contributed by atoms with Crippen LogP contribution in [0, 0.1) is 0 Å². The molecule has 7 nitrogen and oxygen atoms in total. The average Bonchev–Trinajstić information content (AvgIpc) is 2.80. The Labute approximate surface area is 179 Å². The van der Waals surface area contributed by atoms with Gasteiger partial charge < -0.3 is 19.5 Å². The van der Waals surface area contributed by atoms with Gasteiger partial charge in [-0.2, -0.15) is 0 Å². The van der Waals surface area contributed by atoms with Crippen LogP contribution < -0.4 is 19.5 Å². The molecule has 0 bridgehead atoms. The summed E-state index contributed by atoms with van der Waals surface area (Å²) in [5.41, 5.74) is 2.33. The van der Waals surface area contributed by atoms with Crippen molar-refractivity contribution in [2.24, 2.45) is 0 Å². The zero-order chi connectivity index (χ0) is 21.6. The standard InChI is InChI=1S/C24H21N3O4/c1-29-22-14-19-20(15-23(22)30-2)26-12-9-21(19)31-18-5-3-17(4-6-18)27-24(28)13-16-7-10-25-11-8-16/h3-12,14-15H,13H2,1-2H3,(H,27,28). The molecule has 0 aliphatic carbocycles. The minimum atomic E-state index is -0.0963. The number of nitrogens with zero attached hydrogens (tertiary/aromatic N) is 2. The van der Waals surface area contributed by atoms with E-state index in [4.69, 9.17) is 14.2 Å². The van der Waals surface area contributed by atoms with E-state index in [0.717, 1.165) is 16.5 Å². The van der Waals surface area contributed by atoms with Gasteiger partial charge in [-0.05, 0) is 54.1 Å². The van der Waals surface area contributed by atoms with E-state index in [2.05, 4.69) is 15.3 Å². The lowest BCUT2D eigenvalue weighted by molar-refractivity contribution is -0.115. The Balaban J connectivity index is 1.49. The minimum absolute atomic E-state index is 0.0963. The quantitative estimate of drug-likeness (QED) is 0.474. The predicted octanol–water partition coefficient (Wildman–Crippen LogP) is 4.62. The molecule has 0 aliphatic heterocycles. The summed E-state index contributed by atoms with van der Waals surface area (Å²) in [5, 5.41) is 3.68. The summed E-state index contributed by atoms with van der Waals surface area (Å²) < 4.78 is 16.8. The molecule has 0 spiro atoms. The molecule has 2 aromatic carbocycles. The van der Waals surface area contributed by atoms with Gasteiger partial charge in [0.05, 0.1) is 26.2 Å². The second kappa shape index (κ2) is 9.13. The van der Waals surface area contributed by atoms with Gasteiger partial charge in [-0.1, -0.05) is 0 Å². The van der Waals surface area contributed by atoms with Crippen molar-refractivity contribution >= 4 is 22.5 Å². The third-order valence-electron chi connectivity index (χ3n) is 4.69. The van der Waals surface area contributed by atoms with Crippen molar-refractivity contribution in [2.45, 2.75) is 6.42 Å². The summed E-state index contributed by atoms with van der Waals surface area (Å²) in [4.78, 5) is 20.6. The van der Waals surface area contributed by atoms with Crippen molar-refractivity contribution < 1.29 is 19.0 Å². The van der Waals surface area contributed by atoms with Crippen LogP contribution in [0.4, 0.5) is 5.69 Å². The number of rotatable bonds is 7. The van der Waals surface area contributed by atoms with Gasteiger partial charge in [-0.3, -0.25) is 14.8 Å². The maximum Gasteiger partial charge on any atom is 0.228 e. The Morgan fingerprint density at radius 3 is 2.29 bits per heavy atom. The fourth-order valence-corrected chi connectivity index (χ4v) is 3.16. The van der Waals surface area contributed by atoms with Crippen molar-refractivity contribution in [1.82, 2.24) is 9.97 Å². The van der Waals surface area contributed by atoms with E-state index in [9.17, 15) is 4.79 Å². The van der Waals surface area contributed by atoms with E-state index in [1.807, 2.05) is 24.3 Å². The van der Waals surface area contributed by atoms with Crippen molar-refractivity contribution in [1.29, 1.82) is 0 Å². The summed E-state index contributed by atoms with van der Waals surface area (Å²) in [6, 6.07) is 16.3. The topological polar surface area (TPSA) is 82.6 Å². The van der Waals surface area contributed by atoms with Gasteiger partial charge >= 0.3 is 0 Å². The molecule has 0 fully saturated rings. The summed E-state index contributed by atoms with van der Waals surface area (Å²) in [7, 11) is 3.17. The SMILES string of the molecule is COc1cc2nccc(Oc3ccc(NC(=O)Cc4ccncc4)cc3)c2cc1OC. The van der Waals surface area contributed by atoms with Gasteiger partial charge in [-0.15, -0.1) is 0 Å². The molecule has 31 heavy (non-hydrogen) atoms. The molecule has 0 saturated heterocycles. The normalized spacial score (nSPS) is 10.5. The van der Waals surface area contributed by atoms with Gasteiger partial charge in [0.1, 0.15) is 11.5 Å². The molecule has 0 unspecified atom stereocenters. The van der Waals surface area contributed by atoms with E-state index >= 15 is 0 Å². The van der Waals surface area contributed by atoms with Crippen molar-refractivity contribution in [3.8, 4) is 23.0 Å². The molecular formula is C24H21N3O4. The number of hydrogen-bond acceptors (Lipinski definition) is 6. The number of aromatic nitrogens is 2. The molecule has 0 atom stereocenters. The summed E-state index contributed by atoms with van der Waals surface area (Å²) in [6.45, 7) is 0. The summed E-state index contributed by atoms with van der Waals surface area (Å²) in [5.74, 6) is 2.38. The molecule has 156 valence electrons. The first-order valence-electron chi connectivity index (χ1n) is 9.63. The summed E-state index contributed by atoms with van der Waals surface area (Å²) >= 11 is 0. The minimum Gasteiger partial charge on any atom is -0.493 e. The van der Waals surface area contributed by atoms with Gasteiger partial charge in [0.15, 0.2) is 11.5 Å². The molecule has 0 saturated carbocycles. The molecule has 4 rings (SSSR count). The third kappa shape index (κ3) is 4.72. The van der Waals surface area contributed by atoms with Crippen LogP contribution in [0.15, 0.2) is 73.2 Å². The maximum atomic E-state index is 12.2. The Hall–Kier alpha value is -4.13. The second-order valence-electron chi connectivity index (χ2n) is 6.74. The zero-order valence-electron chi connectivity index (χ0n) is 17.2. The highest BCUT2D eigenvalue weighted by atomic mass is 16.5. The van der Waals surface area contributed by atoms with E-state index in [-0.39, 0.29) is 12.3 Å². The van der Waals surface area contributed by atoms with E-state index in [1.54, 1.807) is 63.1 Å². The lowest BCUT2D eigenvalue weighted by Gasteiger charge is -2.12. The lowest BCUT2D eigenvalue weighted by atomic mass is 10.1. The number of amides is 1. The molecule has 2 aromatic heterocycles. The van der Waals surface area contributed by atoms with Gasteiger partial charge in [0.2, 0.25) is 5.91 Å². The Morgan fingerprint density at radius 2 is 1.58 bits per heavy atom. The van der Waals surface area contributed by atoms with Gasteiger partial charge in [0.25, 0.3) is 0 Å². The van der Waals surface area contributed by atoms with E-state index in [0.29, 0.717) is 28.7 Å². The molecule has 2 heterocycles. The van der Waals surface area contributed by atoms with Crippen LogP contribution in [0.3, 0.4) is 0 Å². The first-order valence-corrected chi connectivity index (χ1v) is 9.63. The first kappa shape index (κ1) is 20.2. The Morgan fingerprint density at radius 1 is 0.871 bits per heavy atom. The smallest absolute Gasteiger partial charge is 0.228 e. The Bertz CT molecular complexity index is 1190. The van der Waals surface area contributed by atoms with E-state index in [1.165, 1.54) is 0 Å². The van der Waals surface area contributed by atoms with Crippen LogP contribution in [-0.2, 0) is 11.2 Å². The molecule has 4 aromatic rings. The zero-order valence-corrected chi connectivity index (χ0v) is 17.2. The highest BCUT2D eigenvalue weighted by Crippen LogP contribution is 2.36. The molecule has 0 aliphatic rings. The average molecular weight is 415 g/mol. The number of benzene rings is 2. The van der Waals surface area contributed by atoms with Gasteiger partial charge in [0, 0.05) is 35.7 Å². The number of anilines is 1. The number of ether oxygens (including phenoxy) is 3. The first-order chi connectivity index (χ1) is 15.2. The number of hydrogen-bond donors (Lipinski definition) is 1. The number of fused-ring (bicyclic) bond motifs is 1. The van der Waals surface area contributed by atoms with Crippen molar-refractivity contribution in [3.63, 3.8) is 0 Å². The van der Waals surface area contributed by atoms with Crippen LogP contribution >= 0.6 is 0 Å². The number of carbonyl (C=O) groups is 1. The van der Waals surface area contributed by atoms with Crippen LogP contribution in [-0.4, -0.2) is 30.1 Å². The highest BCUT2D eigenvalue weighted by Gasteiger charge is 2.11. The van der Waals surface area contributed by atoms with E-state index < -0.39 is 0 Å². The monoisotopic (exact) mass is 415 g/mol. The van der Waals surface area contributed by atoms with Crippen LogP contribution in [0.2, 0.25) is 0 Å². The molecular weight excluding hydrogens is 394 g/mol. The predicted molar refractivity (Wildman–Crippen MR) is 118 cm³/mol. The molecule has 1 amide bonds. The number of nitrogens with one attached hydrogen (secondary N) is 1. The van der Waals surface area contributed by atoms with Crippen LogP contribution in [0.1, 0.15) is 5.56 Å². The highest BCUT2D eigenvalue weighted by molar-refractivity contribution is 5.92. The fourth-order valence-electron chi connectivity index (χ4n) is 3.16. The Kier molecular flexibility index (Phi) is 5.93. The van der Waals surface area contributed by atoms with Crippen LogP contribution in [0.5, 0.6) is 23.0 Å². The molecule has 7 heteroatoms. The maximum absolute atomic E-state index is 12.2. The number of carbonyl (C=O) groups excluding carboxylic acids is 1. The van der Waals surface area contributed by atoms with Gasteiger partial charge in [-0.25, -0.2) is 0 Å². The lowest BCUT2D eigenvalue weighted by Crippen LogP contribution is -2.14. The largest absolute Gasteiger partial charge is 0.493 e. The van der Waals surface area contributed by atoms with Crippen LogP contribution in [0.25, 0.3) is 10.9 Å². The van der Waals surface area contributed by atoms with Crippen molar-refractivity contribution in [2.75, 3.05) is 19.5 Å². The second-order valence-corrected chi connectivity index (χ2v) is 6.74. The summed E-state index contributed by atoms with van der Waals surface area (Å²) in [6.07, 6.45) is 5.30. The molecule has 0 radical (unpaired) electrons. The number of methoxy groups -OCH3 is 2. The third-order valence-corrected chi connectivity index (χ3v) is 4.69. The molecule has 1 N–H and O–H groups in total. The number of pyridine rings is 2. The fraction of sp³-hybridized carbons (Fsp3) is 0.125. The van der Waals surface area contributed by atoms with Crippen molar-refractivity contribution in [3.05, 3.63) is 78.8 Å².